The Morgan fingerprint density at radius 2 is 1.46 bits per heavy atom. The number of hydrogen-bond donors (Lipinski definition) is 3. The van der Waals surface area contributed by atoms with E-state index >= 15 is 0 Å². The van der Waals surface area contributed by atoms with Crippen molar-refractivity contribution < 1.29 is 46.5 Å². The molecule has 0 aliphatic heterocycles. The van der Waals surface area contributed by atoms with E-state index in [0.717, 1.165) is 24.3 Å². The van der Waals surface area contributed by atoms with Crippen molar-refractivity contribution in [3.05, 3.63) is 58.4 Å². The van der Waals surface area contributed by atoms with Crippen LogP contribution in [-0.4, -0.2) is 48.4 Å². The third-order valence-corrected chi connectivity index (χ3v) is 5.92. The van der Waals surface area contributed by atoms with Gasteiger partial charge in [-0.05, 0) is 62.1 Å². The summed E-state index contributed by atoms with van der Waals surface area (Å²) in [7, 11) is 0. The minimum Gasteiger partial charge on any atom is -0.487 e. The van der Waals surface area contributed by atoms with Crippen LogP contribution in [0.25, 0.3) is 0 Å². The summed E-state index contributed by atoms with van der Waals surface area (Å²) < 4.78 is 60.8. The Hall–Kier alpha value is -3.54. The summed E-state index contributed by atoms with van der Waals surface area (Å²) in [5.74, 6) is -3.93. The number of nitrogens with one attached hydrogen (secondary N) is 2. The first-order valence-electron chi connectivity index (χ1n) is 11.2. The van der Waals surface area contributed by atoms with E-state index in [2.05, 4.69) is 15.4 Å². The molecule has 2 aromatic rings. The topological polar surface area (TPSA) is 114 Å². The molecule has 2 amide bonds. The van der Waals surface area contributed by atoms with Crippen LogP contribution in [0.15, 0.2) is 36.4 Å². The highest BCUT2D eigenvalue weighted by Crippen LogP contribution is 2.31. The number of amides is 2. The fourth-order valence-corrected chi connectivity index (χ4v) is 3.97. The molecule has 3 N–H and O–H groups in total. The highest BCUT2D eigenvalue weighted by molar-refractivity contribution is 6.32. The minimum absolute atomic E-state index is 0.0136. The van der Waals surface area contributed by atoms with Gasteiger partial charge in [0.15, 0.2) is 11.6 Å². The van der Waals surface area contributed by atoms with Crippen LogP contribution < -0.4 is 20.1 Å². The van der Waals surface area contributed by atoms with Gasteiger partial charge < -0.3 is 25.2 Å². The lowest BCUT2D eigenvalue weighted by Gasteiger charge is -2.27. The zero-order valence-corrected chi connectivity index (χ0v) is 20.0. The van der Waals surface area contributed by atoms with Crippen LogP contribution in [0.3, 0.4) is 0 Å². The number of ether oxygens (including phenoxy) is 2. The zero-order valence-electron chi connectivity index (χ0n) is 19.2. The van der Waals surface area contributed by atoms with E-state index < -0.39 is 46.7 Å². The van der Waals surface area contributed by atoms with E-state index in [1.54, 1.807) is 0 Å². The molecule has 1 aliphatic carbocycles. The van der Waals surface area contributed by atoms with Crippen molar-refractivity contribution in [1.82, 2.24) is 10.6 Å². The number of hydrogen-bond acceptors (Lipinski definition) is 5. The average molecular weight is 547 g/mol. The lowest BCUT2D eigenvalue weighted by Crippen LogP contribution is -2.34. The molecule has 37 heavy (non-hydrogen) atoms. The van der Waals surface area contributed by atoms with Gasteiger partial charge in [0.05, 0.1) is 17.0 Å². The molecule has 3 rings (SSSR count). The Labute approximate surface area is 213 Å². The summed E-state index contributed by atoms with van der Waals surface area (Å²) >= 11 is 5.72. The number of carbonyl (C=O) groups excluding carboxylic acids is 2. The van der Waals surface area contributed by atoms with Crippen molar-refractivity contribution in [2.45, 2.75) is 38.1 Å². The molecule has 0 saturated heterocycles. The highest BCUT2D eigenvalue weighted by atomic mass is 35.5. The Morgan fingerprint density at radius 3 is 1.95 bits per heavy atom. The molecule has 2 aromatic carbocycles. The monoisotopic (exact) mass is 546 g/mol. The lowest BCUT2D eigenvalue weighted by molar-refractivity contribution is -0.274. The number of alkyl halides is 3. The maximum atomic E-state index is 14.5. The maximum Gasteiger partial charge on any atom is 0.573 e. The molecule has 1 saturated carbocycles. The fraction of sp³-hybridized carbons (Fsp3) is 0.375. The standard InChI is InChI=1S/C24H23ClF4N2O6/c25-17-11-14(3-7-19(17)37-24(27,28)29)21(32)30-9-10-31-22(33)15-4-8-20(18(26)12-15)36-16-5-1-13(2-6-16)23(34)35/h3-4,7-8,11-13,16H,1-2,5-6,9-10H2,(H,30,32)(H,31,33)(H,34,35)/t13-,16+. The van der Waals surface area contributed by atoms with Gasteiger partial charge in [0.2, 0.25) is 0 Å². The molecule has 0 aromatic heterocycles. The minimum atomic E-state index is -4.93. The summed E-state index contributed by atoms with van der Waals surface area (Å²) in [5.41, 5.74) is 0.0118. The molecule has 1 aliphatic rings. The molecule has 0 heterocycles. The van der Waals surface area contributed by atoms with E-state index in [4.69, 9.17) is 21.4 Å². The predicted octanol–water partition coefficient (Wildman–Crippen LogP) is 4.56. The molecular formula is C24H23ClF4N2O6. The largest absolute Gasteiger partial charge is 0.573 e. The fourth-order valence-electron chi connectivity index (χ4n) is 3.75. The smallest absolute Gasteiger partial charge is 0.487 e. The second-order valence-electron chi connectivity index (χ2n) is 8.28. The molecule has 0 unspecified atom stereocenters. The van der Waals surface area contributed by atoms with Gasteiger partial charge in [-0.1, -0.05) is 11.6 Å². The number of carboxylic acid groups (broad SMARTS) is 1. The molecule has 0 radical (unpaired) electrons. The van der Waals surface area contributed by atoms with Gasteiger partial charge in [0.25, 0.3) is 11.8 Å². The third-order valence-electron chi connectivity index (χ3n) is 5.63. The van der Waals surface area contributed by atoms with E-state index in [1.165, 1.54) is 12.1 Å². The summed E-state index contributed by atoms with van der Waals surface area (Å²) in [5, 5.41) is 13.6. The molecule has 8 nitrogen and oxygen atoms in total. The van der Waals surface area contributed by atoms with Gasteiger partial charge in [-0.3, -0.25) is 14.4 Å². The van der Waals surface area contributed by atoms with Gasteiger partial charge in [0, 0.05) is 24.2 Å². The van der Waals surface area contributed by atoms with Crippen molar-refractivity contribution in [2.24, 2.45) is 5.92 Å². The molecule has 0 atom stereocenters. The SMILES string of the molecule is O=C(NCCNC(=O)c1ccc(OC(F)(F)F)c(Cl)c1)c1ccc(O[C@H]2CC[C@@H](C(=O)O)CC2)c(F)c1. The maximum absolute atomic E-state index is 14.5. The van der Waals surface area contributed by atoms with Crippen LogP contribution in [-0.2, 0) is 4.79 Å². The number of rotatable bonds is 9. The van der Waals surface area contributed by atoms with Crippen LogP contribution in [0.4, 0.5) is 17.6 Å². The number of aliphatic carboxylic acids is 1. The molecule has 0 bridgehead atoms. The second-order valence-corrected chi connectivity index (χ2v) is 8.69. The van der Waals surface area contributed by atoms with Gasteiger partial charge in [0.1, 0.15) is 5.75 Å². The Bertz CT molecular complexity index is 1150. The van der Waals surface area contributed by atoms with Crippen molar-refractivity contribution in [1.29, 1.82) is 0 Å². The number of carboxylic acids is 1. The Kier molecular flexibility index (Phi) is 9.19. The molecule has 13 heteroatoms. The summed E-state index contributed by atoms with van der Waals surface area (Å²) in [6.45, 7) is -0.0358. The van der Waals surface area contributed by atoms with Crippen LogP contribution in [0.1, 0.15) is 46.4 Å². The molecular weight excluding hydrogens is 524 g/mol. The lowest BCUT2D eigenvalue weighted by atomic mass is 9.87. The zero-order chi connectivity index (χ0) is 27.2. The van der Waals surface area contributed by atoms with Gasteiger partial charge in [-0.15, -0.1) is 13.2 Å². The van der Waals surface area contributed by atoms with Crippen molar-refractivity contribution >= 4 is 29.4 Å². The quantitative estimate of drug-likeness (QED) is 0.314. The van der Waals surface area contributed by atoms with E-state index in [0.29, 0.717) is 25.7 Å². The first-order chi connectivity index (χ1) is 17.4. The van der Waals surface area contributed by atoms with E-state index in [-0.39, 0.29) is 36.1 Å². The predicted molar refractivity (Wildman–Crippen MR) is 123 cm³/mol. The number of benzene rings is 2. The first kappa shape index (κ1) is 28.0. The van der Waals surface area contributed by atoms with Crippen LogP contribution >= 0.6 is 11.6 Å². The van der Waals surface area contributed by atoms with Gasteiger partial charge in [-0.25, -0.2) is 4.39 Å². The van der Waals surface area contributed by atoms with Crippen LogP contribution in [0.2, 0.25) is 5.02 Å². The van der Waals surface area contributed by atoms with E-state index in [1.807, 2.05) is 0 Å². The second kappa shape index (κ2) is 12.1. The van der Waals surface area contributed by atoms with Crippen molar-refractivity contribution in [2.75, 3.05) is 13.1 Å². The van der Waals surface area contributed by atoms with Gasteiger partial charge in [-0.2, -0.15) is 0 Å². The Balaban J connectivity index is 1.44. The summed E-state index contributed by atoms with van der Waals surface area (Å²) in [4.78, 5) is 35.5. The molecule has 0 spiro atoms. The van der Waals surface area contributed by atoms with Crippen molar-refractivity contribution in [3.8, 4) is 11.5 Å². The molecule has 200 valence electrons. The first-order valence-corrected chi connectivity index (χ1v) is 11.6. The third kappa shape index (κ3) is 8.24. The normalized spacial score (nSPS) is 17.5. The highest BCUT2D eigenvalue weighted by Gasteiger charge is 2.32. The van der Waals surface area contributed by atoms with Crippen LogP contribution in [0.5, 0.6) is 11.5 Å². The average Bonchev–Trinajstić information content (AvgIpc) is 2.83. The number of carbonyl (C=O) groups is 3. The summed E-state index contributed by atoms with van der Waals surface area (Å²) in [6, 6.07) is 6.74. The number of halogens is 5. The molecule has 1 fully saturated rings. The van der Waals surface area contributed by atoms with E-state index in [9.17, 15) is 31.9 Å². The van der Waals surface area contributed by atoms with Crippen molar-refractivity contribution in [3.63, 3.8) is 0 Å². The van der Waals surface area contributed by atoms with Crippen LogP contribution in [0, 0.1) is 11.7 Å². The Morgan fingerprint density at radius 1 is 0.919 bits per heavy atom. The summed E-state index contributed by atoms with van der Waals surface area (Å²) in [6.07, 6.45) is -3.36. The van der Waals surface area contributed by atoms with Gasteiger partial charge >= 0.3 is 12.3 Å².